The largest absolute Gasteiger partial charge is 0.397 e. The molecule has 3 aromatic rings. The first kappa shape index (κ1) is 18.4. The molecule has 0 spiro atoms. The van der Waals surface area contributed by atoms with Crippen LogP contribution < -0.4 is 16.0 Å². The summed E-state index contributed by atoms with van der Waals surface area (Å²) in [6.07, 6.45) is 5.12. The zero-order valence-electron chi connectivity index (χ0n) is 16.6. The molecule has 6 nitrogen and oxygen atoms in total. The molecule has 29 heavy (non-hydrogen) atoms. The third kappa shape index (κ3) is 3.44. The molecule has 4 heterocycles. The molecule has 0 aromatic carbocycles. The van der Waals surface area contributed by atoms with Gasteiger partial charge in [-0.15, -0.1) is 11.3 Å². The number of nitrogens with one attached hydrogen (secondary N) is 1. The first-order chi connectivity index (χ1) is 14.1. The number of fused-ring (bicyclic) bond motifs is 2. The first-order valence-electron chi connectivity index (χ1n) is 10.3. The number of amides is 1. The summed E-state index contributed by atoms with van der Waals surface area (Å²) in [4.78, 5) is 26.1. The van der Waals surface area contributed by atoms with Crippen LogP contribution in [0.15, 0.2) is 24.3 Å². The third-order valence-corrected chi connectivity index (χ3v) is 7.07. The third-order valence-electron chi connectivity index (χ3n) is 5.95. The standard InChI is InChI=1S/C22H25N5OS/c1-13-4-7-16-19(23)20(29-22(16)24-13)21(28)25-15-6-8-17-14(12-15)5-9-18(26-17)27-10-2-3-11-27/h4-5,7,9,15H,2-3,6,8,10-12,23H2,1H3,(H,25,28)/t15-/m0/s1. The number of rotatable bonds is 3. The molecule has 0 unspecified atom stereocenters. The van der Waals surface area contributed by atoms with Crippen LogP contribution in [0.1, 0.15) is 45.9 Å². The topological polar surface area (TPSA) is 84.1 Å². The smallest absolute Gasteiger partial charge is 0.263 e. The van der Waals surface area contributed by atoms with Crippen LogP contribution in [0, 0.1) is 6.92 Å². The molecule has 3 aromatic heterocycles. The van der Waals surface area contributed by atoms with Crippen molar-refractivity contribution in [3.8, 4) is 0 Å². The van der Waals surface area contributed by atoms with E-state index < -0.39 is 0 Å². The number of carbonyl (C=O) groups is 1. The number of aryl methyl sites for hydroxylation is 2. The van der Waals surface area contributed by atoms with Crippen molar-refractivity contribution in [3.05, 3.63) is 46.1 Å². The monoisotopic (exact) mass is 407 g/mol. The van der Waals surface area contributed by atoms with Gasteiger partial charge in [0, 0.05) is 35.9 Å². The second-order valence-corrected chi connectivity index (χ2v) is 9.03. The molecule has 0 saturated carbocycles. The van der Waals surface area contributed by atoms with Gasteiger partial charge in [-0.05, 0) is 62.8 Å². The maximum Gasteiger partial charge on any atom is 0.263 e. The van der Waals surface area contributed by atoms with E-state index in [2.05, 4.69) is 27.3 Å². The number of pyridine rings is 2. The molecule has 1 fully saturated rings. The Morgan fingerprint density at radius 3 is 2.86 bits per heavy atom. The second kappa shape index (κ2) is 7.30. The quantitative estimate of drug-likeness (QED) is 0.695. The van der Waals surface area contributed by atoms with Gasteiger partial charge in [0.05, 0.1) is 5.69 Å². The molecular formula is C22H25N5OS. The van der Waals surface area contributed by atoms with Crippen LogP contribution in [0.5, 0.6) is 0 Å². The summed E-state index contributed by atoms with van der Waals surface area (Å²) in [7, 11) is 0. The Bertz CT molecular complexity index is 1090. The number of carbonyl (C=O) groups excluding carboxylic acids is 1. The van der Waals surface area contributed by atoms with Crippen molar-refractivity contribution < 1.29 is 4.79 Å². The normalized spacial score (nSPS) is 18.8. The van der Waals surface area contributed by atoms with Crippen LogP contribution in [0.4, 0.5) is 11.5 Å². The van der Waals surface area contributed by atoms with E-state index in [-0.39, 0.29) is 11.9 Å². The van der Waals surface area contributed by atoms with Crippen molar-refractivity contribution in [1.82, 2.24) is 15.3 Å². The molecule has 1 aliphatic heterocycles. The average Bonchev–Trinajstić information content (AvgIpc) is 3.36. The second-order valence-electron chi connectivity index (χ2n) is 8.03. The number of hydrogen-bond acceptors (Lipinski definition) is 6. The number of aromatic nitrogens is 2. The highest BCUT2D eigenvalue weighted by Crippen LogP contribution is 2.33. The molecule has 0 bridgehead atoms. The van der Waals surface area contributed by atoms with E-state index in [1.807, 2.05) is 19.1 Å². The summed E-state index contributed by atoms with van der Waals surface area (Å²) in [5, 5.41) is 4.05. The molecule has 1 saturated heterocycles. The highest BCUT2D eigenvalue weighted by Gasteiger charge is 2.25. The highest BCUT2D eigenvalue weighted by atomic mass is 32.1. The predicted molar refractivity (Wildman–Crippen MR) is 118 cm³/mol. The number of nitrogens with two attached hydrogens (primary N) is 1. The lowest BCUT2D eigenvalue weighted by Crippen LogP contribution is -2.39. The summed E-state index contributed by atoms with van der Waals surface area (Å²) in [5.41, 5.74) is 10.1. The van der Waals surface area contributed by atoms with Gasteiger partial charge in [-0.2, -0.15) is 0 Å². The van der Waals surface area contributed by atoms with E-state index in [0.29, 0.717) is 10.6 Å². The molecular weight excluding hydrogens is 382 g/mol. The highest BCUT2D eigenvalue weighted by molar-refractivity contribution is 7.21. The zero-order valence-corrected chi connectivity index (χ0v) is 17.4. The maximum absolute atomic E-state index is 12.9. The summed E-state index contributed by atoms with van der Waals surface area (Å²) in [6.45, 7) is 4.16. The summed E-state index contributed by atoms with van der Waals surface area (Å²) in [6, 6.07) is 8.30. The lowest BCUT2D eigenvalue weighted by Gasteiger charge is -2.26. The van der Waals surface area contributed by atoms with Crippen molar-refractivity contribution in [3.63, 3.8) is 0 Å². The van der Waals surface area contributed by atoms with Crippen molar-refractivity contribution in [2.75, 3.05) is 23.7 Å². The van der Waals surface area contributed by atoms with Crippen LogP contribution in [-0.4, -0.2) is 35.0 Å². The van der Waals surface area contributed by atoms with E-state index in [1.54, 1.807) is 0 Å². The van der Waals surface area contributed by atoms with E-state index in [4.69, 9.17) is 10.7 Å². The van der Waals surface area contributed by atoms with Gasteiger partial charge in [-0.3, -0.25) is 4.79 Å². The number of anilines is 2. The molecule has 5 rings (SSSR count). The van der Waals surface area contributed by atoms with E-state index in [9.17, 15) is 4.79 Å². The van der Waals surface area contributed by atoms with Crippen LogP contribution in [0.3, 0.4) is 0 Å². The van der Waals surface area contributed by atoms with Crippen LogP contribution in [-0.2, 0) is 12.8 Å². The summed E-state index contributed by atoms with van der Waals surface area (Å²) in [5.74, 6) is 1.00. The Morgan fingerprint density at radius 2 is 2.03 bits per heavy atom. The minimum atomic E-state index is -0.0988. The molecule has 1 aliphatic carbocycles. The van der Waals surface area contributed by atoms with Gasteiger partial charge < -0.3 is 16.0 Å². The SMILES string of the molecule is Cc1ccc2c(N)c(C(=O)N[C@H]3CCc4nc(N5CCCC5)ccc4C3)sc2n1. The van der Waals surface area contributed by atoms with Crippen molar-refractivity contribution in [2.45, 2.75) is 45.1 Å². The fraction of sp³-hybridized carbons (Fsp3) is 0.409. The number of hydrogen-bond donors (Lipinski definition) is 2. The van der Waals surface area contributed by atoms with Crippen molar-refractivity contribution >= 4 is 39.0 Å². The Hall–Kier alpha value is -2.67. The number of thiophene rings is 1. The fourth-order valence-electron chi connectivity index (χ4n) is 4.35. The van der Waals surface area contributed by atoms with Crippen LogP contribution >= 0.6 is 11.3 Å². The van der Waals surface area contributed by atoms with Crippen LogP contribution in [0.2, 0.25) is 0 Å². The number of nitrogen functional groups attached to an aromatic ring is 1. The first-order valence-corrected chi connectivity index (χ1v) is 11.1. The minimum absolute atomic E-state index is 0.0988. The molecule has 1 atom stereocenters. The fourth-order valence-corrected chi connectivity index (χ4v) is 5.40. The molecule has 7 heteroatoms. The Labute approximate surface area is 174 Å². The summed E-state index contributed by atoms with van der Waals surface area (Å²) < 4.78 is 0. The van der Waals surface area contributed by atoms with Crippen molar-refractivity contribution in [2.24, 2.45) is 0 Å². The Balaban J connectivity index is 1.31. The van der Waals surface area contributed by atoms with Gasteiger partial charge in [0.2, 0.25) is 0 Å². The van der Waals surface area contributed by atoms with Gasteiger partial charge in [0.1, 0.15) is 15.5 Å². The van der Waals surface area contributed by atoms with E-state index in [1.165, 1.54) is 35.4 Å². The van der Waals surface area contributed by atoms with Crippen LogP contribution in [0.25, 0.3) is 10.2 Å². The summed E-state index contributed by atoms with van der Waals surface area (Å²) >= 11 is 1.37. The molecule has 2 aliphatic rings. The molecule has 0 radical (unpaired) electrons. The lowest BCUT2D eigenvalue weighted by molar-refractivity contribution is 0.0938. The average molecular weight is 408 g/mol. The van der Waals surface area contributed by atoms with E-state index in [0.717, 1.165) is 54.1 Å². The molecule has 1 amide bonds. The Kier molecular flexibility index (Phi) is 4.62. The number of nitrogens with zero attached hydrogens (tertiary/aromatic N) is 3. The zero-order chi connectivity index (χ0) is 20.0. The van der Waals surface area contributed by atoms with Gasteiger partial charge in [-0.25, -0.2) is 9.97 Å². The van der Waals surface area contributed by atoms with Gasteiger partial charge in [0.15, 0.2) is 0 Å². The minimum Gasteiger partial charge on any atom is -0.397 e. The predicted octanol–water partition coefficient (Wildman–Crippen LogP) is 3.47. The Morgan fingerprint density at radius 1 is 1.21 bits per heavy atom. The molecule has 3 N–H and O–H groups in total. The maximum atomic E-state index is 12.9. The van der Waals surface area contributed by atoms with Gasteiger partial charge in [0.25, 0.3) is 5.91 Å². The van der Waals surface area contributed by atoms with Gasteiger partial charge >= 0.3 is 0 Å². The van der Waals surface area contributed by atoms with Crippen molar-refractivity contribution in [1.29, 1.82) is 0 Å². The molecule has 150 valence electrons. The van der Waals surface area contributed by atoms with Gasteiger partial charge in [-0.1, -0.05) is 6.07 Å². The van der Waals surface area contributed by atoms with E-state index >= 15 is 0 Å². The lowest BCUT2D eigenvalue weighted by atomic mass is 9.91.